The summed E-state index contributed by atoms with van der Waals surface area (Å²) in [6, 6.07) is 1.56. The van der Waals surface area contributed by atoms with E-state index in [0.717, 1.165) is 32.1 Å². The Morgan fingerprint density at radius 3 is 2.60 bits per heavy atom. The molecule has 0 aliphatic heterocycles. The summed E-state index contributed by atoms with van der Waals surface area (Å²) in [5, 5.41) is 7.54. The Bertz CT molecular complexity index is 718. The molecule has 1 saturated carbocycles. The molecule has 1 aliphatic carbocycles. The summed E-state index contributed by atoms with van der Waals surface area (Å²) in [6.07, 6.45) is 7.39. The number of thioether (sulfide) groups is 1. The lowest BCUT2D eigenvalue weighted by Gasteiger charge is -2.23. The standard InChI is InChI=1S/C20H29N3O6S/c1-13(17(24)23-20(27)21-14-7-4-3-5-8-14)29-19(26)15(10-12-30-2)22-18(25)16-9-6-11-28-16/h6,9,11,13-15H,3-5,7-8,10,12H2,1-2H3,(H,22,25)(H2,21,23,24,27)/t13-,15-/m1/s1. The molecule has 10 heteroatoms. The fourth-order valence-corrected chi connectivity index (χ4v) is 3.59. The molecule has 1 aromatic heterocycles. The number of esters is 1. The highest BCUT2D eigenvalue weighted by Crippen LogP contribution is 2.17. The minimum atomic E-state index is -1.19. The van der Waals surface area contributed by atoms with Crippen LogP contribution in [-0.2, 0) is 14.3 Å². The van der Waals surface area contributed by atoms with Crippen LogP contribution in [0.2, 0.25) is 0 Å². The van der Waals surface area contributed by atoms with Gasteiger partial charge >= 0.3 is 12.0 Å². The van der Waals surface area contributed by atoms with Crippen molar-refractivity contribution < 1.29 is 28.3 Å². The van der Waals surface area contributed by atoms with Crippen molar-refractivity contribution in [2.75, 3.05) is 12.0 Å². The topological polar surface area (TPSA) is 127 Å². The molecule has 4 amide bonds. The number of ether oxygens (including phenoxy) is 1. The maximum Gasteiger partial charge on any atom is 0.329 e. The van der Waals surface area contributed by atoms with E-state index in [-0.39, 0.29) is 11.8 Å². The van der Waals surface area contributed by atoms with Crippen molar-refractivity contribution in [3.8, 4) is 0 Å². The molecule has 9 nitrogen and oxygen atoms in total. The Kier molecular flexibility index (Phi) is 9.72. The van der Waals surface area contributed by atoms with Crippen molar-refractivity contribution in [1.82, 2.24) is 16.0 Å². The second-order valence-electron chi connectivity index (χ2n) is 7.16. The summed E-state index contributed by atoms with van der Waals surface area (Å²) in [7, 11) is 0. The summed E-state index contributed by atoms with van der Waals surface area (Å²) < 4.78 is 10.2. The molecule has 2 rings (SSSR count). The molecule has 1 aliphatic rings. The molecule has 1 heterocycles. The summed E-state index contributed by atoms with van der Waals surface area (Å²) >= 11 is 1.51. The van der Waals surface area contributed by atoms with Crippen molar-refractivity contribution in [2.45, 2.75) is 63.6 Å². The fourth-order valence-electron chi connectivity index (χ4n) is 3.11. The van der Waals surface area contributed by atoms with Crippen molar-refractivity contribution in [2.24, 2.45) is 0 Å². The van der Waals surface area contributed by atoms with E-state index >= 15 is 0 Å². The maximum atomic E-state index is 12.5. The highest BCUT2D eigenvalue weighted by Gasteiger charge is 2.28. The van der Waals surface area contributed by atoms with Crippen LogP contribution in [0.1, 0.15) is 56.0 Å². The smallest absolute Gasteiger partial charge is 0.329 e. The normalized spacial score (nSPS) is 16.2. The van der Waals surface area contributed by atoms with Gasteiger partial charge in [0.15, 0.2) is 11.9 Å². The zero-order valence-electron chi connectivity index (χ0n) is 17.3. The van der Waals surface area contributed by atoms with Gasteiger partial charge < -0.3 is 19.8 Å². The van der Waals surface area contributed by atoms with Crippen LogP contribution in [0, 0.1) is 0 Å². The third-order valence-corrected chi connectivity index (χ3v) is 5.43. The van der Waals surface area contributed by atoms with E-state index in [1.54, 1.807) is 6.07 Å². The van der Waals surface area contributed by atoms with Crippen LogP contribution >= 0.6 is 11.8 Å². The van der Waals surface area contributed by atoms with Gasteiger partial charge in [-0.05, 0) is 50.3 Å². The van der Waals surface area contributed by atoms with Crippen LogP contribution in [0.5, 0.6) is 0 Å². The Labute approximate surface area is 180 Å². The summed E-state index contributed by atoms with van der Waals surface area (Å²) in [5.41, 5.74) is 0. The minimum Gasteiger partial charge on any atom is -0.459 e. The first kappa shape index (κ1) is 23.8. The number of rotatable bonds is 9. The molecular formula is C20H29N3O6S. The highest BCUT2D eigenvalue weighted by molar-refractivity contribution is 7.98. The number of imide groups is 1. The van der Waals surface area contributed by atoms with E-state index < -0.39 is 36.0 Å². The number of nitrogens with one attached hydrogen (secondary N) is 3. The number of hydrogen-bond donors (Lipinski definition) is 3. The van der Waals surface area contributed by atoms with Crippen molar-refractivity contribution >= 4 is 35.6 Å². The lowest BCUT2D eigenvalue weighted by Crippen LogP contribution is -2.49. The lowest BCUT2D eigenvalue weighted by atomic mass is 9.96. The third kappa shape index (κ3) is 7.74. The predicted molar refractivity (Wildman–Crippen MR) is 112 cm³/mol. The molecule has 0 radical (unpaired) electrons. The van der Waals surface area contributed by atoms with Gasteiger partial charge in [-0.1, -0.05) is 19.3 Å². The van der Waals surface area contributed by atoms with Gasteiger partial charge in [0.25, 0.3) is 11.8 Å². The van der Waals surface area contributed by atoms with E-state index in [9.17, 15) is 19.2 Å². The summed E-state index contributed by atoms with van der Waals surface area (Å²) in [4.78, 5) is 48.9. The Morgan fingerprint density at radius 2 is 1.97 bits per heavy atom. The Hall–Kier alpha value is -2.49. The van der Waals surface area contributed by atoms with Gasteiger partial charge in [0.05, 0.1) is 6.26 Å². The van der Waals surface area contributed by atoms with Crippen LogP contribution in [0.4, 0.5) is 4.79 Å². The SMILES string of the molecule is CSCC[C@@H](NC(=O)c1ccco1)C(=O)O[C@H](C)C(=O)NC(=O)NC1CCCCC1. The molecule has 30 heavy (non-hydrogen) atoms. The molecule has 0 aromatic carbocycles. The van der Waals surface area contributed by atoms with Gasteiger partial charge in [-0.15, -0.1) is 0 Å². The largest absolute Gasteiger partial charge is 0.459 e. The Morgan fingerprint density at radius 1 is 1.23 bits per heavy atom. The average Bonchev–Trinajstić information content (AvgIpc) is 3.26. The minimum absolute atomic E-state index is 0.0529. The second-order valence-corrected chi connectivity index (χ2v) is 8.15. The summed E-state index contributed by atoms with van der Waals surface area (Å²) in [6.45, 7) is 1.38. The van der Waals surface area contributed by atoms with E-state index in [1.807, 2.05) is 6.26 Å². The molecule has 0 saturated heterocycles. The van der Waals surface area contributed by atoms with E-state index in [2.05, 4.69) is 16.0 Å². The van der Waals surface area contributed by atoms with Gasteiger partial charge in [-0.2, -0.15) is 11.8 Å². The first-order chi connectivity index (χ1) is 14.4. The van der Waals surface area contributed by atoms with Crippen LogP contribution in [0.25, 0.3) is 0 Å². The van der Waals surface area contributed by atoms with Gasteiger partial charge in [0.1, 0.15) is 6.04 Å². The molecule has 0 spiro atoms. The number of carbonyl (C=O) groups excluding carboxylic acids is 4. The third-order valence-electron chi connectivity index (χ3n) is 4.78. The molecule has 3 N–H and O–H groups in total. The van der Waals surface area contributed by atoms with Crippen LogP contribution in [0.15, 0.2) is 22.8 Å². The van der Waals surface area contributed by atoms with Crippen molar-refractivity contribution in [1.29, 1.82) is 0 Å². The van der Waals surface area contributed by atoms with Crippen molar-refractivity contribution in [3.63, 3.8) is 0 Å². The van der Waals surface area contributed by atoms with Crippen LogP contribution < -0.4 is 16.0 Å². The quantitative estimate of drug-likeness (QED) is 0.504. The van der Waals surface area contributed by atoms with E-state index in [1.165, 1.54) is 31.0 Å². The van der Waals surface area contributed by atoms with Crippen LogP contribution in [0.3, 0.4) is 0 Å². The van der Waals surface area contributed by atoms with Gasteiger partial charge in [-0.25, -0.2) is 9.59 Å². The molecule has 0 unspecified atom stereocenters. The number of urea groups is 1. The van der Waals surface area contributed by atoms with Gasteiger partial charge in [0, 0.05) is 6.04 Å². The molecule has 1 aromatic rings. The molecule has 1 fully saturated rings. The second kappa shape index (κ2) is 12.3. The zero-order valence-corrected chi connectivity index (χ0v) is 18.1. The maximum absolute atomic E-state index is 12.5. The van der Waals surface area contributed by atoms with Crippen molar-refractivity contribution in [3.05, 3.63) is 24.2 Å². The van der Waals surface area contributed by atoms with Gasteiger partial charge in [0.2, 0.25) is 0 Å². The Balaban J connectivity index is 1.85. The lowest BCUT2D eigenvalue weighted by molar-refractivity contribution is -0.156. The van der Waals surface area contributed by atoms with Crippen LogP contribution in [-0.4, -0.2) is 54.0 Å². The number of amides is 4. The molecule has 2 atom stereocenters. The monoisotopic (exact) mass is 439 g/mol. The molecule has 0 bridgehead atoms. The number of hydrogen-bond acceptors (Lipinski definition) is 7. The number of furan rings is 1. The zero-order chi connectivity index (χ0) is 21.9. The first-order valence-corrected chi connectivity index (χ1v) is 11.4. The highest BCUT2D eigenvalue weighted by atomic mass is 32.2. The number of carbonyl (C=O) groups is 4. The first-order valence-electron chi connectivity index (χ1n) is 10.1. The van der Waals surface area contributed by atoms with Gasteiger partial charge in [-0.3, -0.25) is 14.9 Å². The average molecular weight is 440 g/mol. The fraction of sp³-hybridized carbons (Fsp3) is 0.600. The van der Waals surface area contributed by atoms with E-state index in [4.69, 9.17) is 9.15 Å². The predicted octanol–water partition coefficient (Wildman–Crippen LogP) is 2.22. The van der Waals surface area contributed by atoms with E-state index in [0.29, 0.717) is 12.2 Å². The molecule has 166 valence electrons. The summed E-state index contributed by atoms with van der Waals surface area (Å²) in [5.74, 6) is -1.35. The molecular weight excluding hydrogens is 410 g/mol.